The molecule has 5 nitrogen and oxygen atoms in total. The fourth-order valence-electron chi connectivity index (χ4n) is 1.91. The zero-order valence-corrected chi connectivity index (χ0v) is 12.2. The number of nitrogens with zero attached hydrogens (tertiary/aromatic N) is 1. The predicted molar refractivity (Wildman–Crippen MR) is 78.4 cm³/mol. The van der Waals surface area contributed by atoms with Gasteiger partial charge in [0.2, 0.25) is 0 Å². The highest BCUT2D eigenvalue weighted by molar-refractivity contribution is 9.10. The van der Waals surface area contributed by atoms with E-state index in [-0.39, 0.29) is 5.75 Å². The first kappa shape index (κ1) is 13.1. The summed E-state index contributed by atoms with van der Waals surface area (Å²) in [4.78, 5) is 4.13. The van der Waals surface area contributed by atoms with Gasteiger partial charge in [-0.3, -0.25) is 4.98 Å². The number of benzene rings is 1. The third-order valence-electron chi connectivity index (χ3n) is 2.90. The molecule has 0 saturated carbocycles. The molecular formula is C14H13BrN2O3. The highest BCUT2D eigenvalue weighted by Gasteiger charge is 2.14. The summed E-state index contributed by atoms with van der Waals surface area (Å²) in [7, 11) is 0. The molecule has 0 fully saturated rings. The number of fused-ring (bicyclic) bond motifs is 1. The molecule has 3 rings (SSSR count). The van der Waals surface area contributed by atoms with E-state index in [0.29, 0.717) is 19.8 Å². The third kappa shape index (κ3) is 2.80. The van der Waals surface area contributed by atoms with Crippen LogP contribution in [0.25, 0.3) is 0 Å². The first-order chi connectivity index (χ1) is 9.72. The molecule has 2 N–H and O–H groups in total. The Balaban J connectivity index is 1.75. The van der Waals surface area contributed by atoms with Gasteiger partial charge in [-0.25, -0.2) is 0 Å². The van der Waals surface area contributed by atoms with Gasteiger partial charge < -0.3 is 19.9 Å². The van der Waals surface area contributed by atoms with Crippen molar-refractivity contribution in [2.24, 2.45) is 0 Å². The Labute approximate surface area is 124 Å². The molecule has 1 aromatic heterocycles. The molecule has 1 aliphatic heterocycles. The number of anilines is 1. The highest BCUT2D eigenvalue weighted by Crippen LogP contribution is 2.38. The van der Waals surface area contributed by atoms with Gasteiger partial charge in [-0.15, -0.1) is 0 Å². The first-order valence-electron chi connectivity index (χ1n) is 6.19. The number of aromatic nitrogens is 1. The second-order valence-electron chi connectivity index (χ2n) is 4.34. The van der Waals surface area contributed by atoms with Crippen LogP contribution in [0.2, 0.25) is 0 Å². The molecule has 2 heterocycles. The minimum absolute atomic E-state index is 0.161. The van der Waals surface area contributed by atoms with Crippen LogP contribution in [0.3, 0.4) is 0 Å². The Morgan fingerprint density at radius 2 is 1.95 bits per heavy atom. The van der Waals surface area contributed by atoms with Crippen molar-refractivity contribution in [1.82, 2.24) is 4.98 Å². The van der Waals surface area contributed by atoms with Crippen molar-refractivity contribution in [3.05, 3.63) is 40.6 Å². The van der Waals surface area contributed by atoms with E-state index < -0.39 is 0 Å². The van der Waals surface area contributed by atoms with Crippen LogP contribution in [-0.4, -0.2) is 23.3 Å². The number of pyridine rings is 1. The van der Waals surface area contributed by atoms with E-state index in [1.54, 1.807) is 12.1 Å². The van der Waals surface area contributed by atoms with E-state index in [9.17, 15) is 5.11 Å². The Morgan fingerprint density at radius 1 is 1.20 bits per heavy atom. The third-order valence-corrected chi connectivity index (χ3v) is 3.56. The van der Waals surface area contributed by atoms with E-state index in [1.165, 1.54) is 6.20 Å². The number of rotatable bonds is 3. The van der Waals surface area contributed by atoms with Crippen LogP contribution in [0, 0.1) is 0 Å². The number of aromatic hydroxyl groups is 1. The summed E-state index contributed by atoms with van der Waals surface area (Å²) in [6.45, 7) is 1.69. The maximum atomic E-state index is 9.20. The maximum Gasteiger partial charge on any atom is 0.163 e. The fourth-order valence-corrected chi connectivity index (χ4v) is 2.37. The molecule has 0 saturated heterocycles. The van der Waals surface area contributed by atoms with Gasteiger partial charge in [-0.05, 0) is 28.1 Å². The Bertz CT molecular complexity index is 617. The van der Waals surface area contributed by atoms with Crippen molar-refractivity contribution >= 4 is 21.6 Å². The van der Waals surface area contributed by atoms with E-state index in [0.717, 1.165) is 27.4 Å². The van der Waals surface area contributed by atoms with Crippen LogP contribution in [0.15, 0.2) is 34.9 Å². The number of ether oxygens (including phenoxy) is 2. The van der Waals surface area contributed by atoms with Gasteiger partial charge in [0.1, 0.15) is 19.0 Å². The molecule has 0 amide bonds. The molecule has 0 spiro atoms. The molecule has 104 valence electrons. The van der Waals surface area contributed by atoms with Crippen LogP contribution in [0.1, 0.15) is 5.69 Å². The summed E-state index contributed by atoms with van der Waals surface area (Å²) >= 11 is 3.50. The summed E-state index contributed by atoms with van der Waals surface area (Å²) in [5.74, 6) is 1.64. The molecule has 1 aromatic carbocycles. The minimum Gasteiger partial charge on any atom is -0.506 e. The van der Waals surface area contributed by atoms with Crippen molar-refractivity contribution in [2.75, 3.05) is 18.5 Å². The van der Waals surface area contributed by atoms with Crippen LogP contribution in [0.5, 0.6) is 17.2 Å². The van der Waals surface area contributed by atoms with Crippen LogP contribution in [0.4, 0.5) is 5.69 Å². The Hall–Kier alpha value is -1.95. The standard InChI is InChI=1S/C14H13BrN2O3/c15-11-5-13-14(20-4-3-19-13)6-12(11)17-7-9-1-2-10(18)8-16-9/h1-2,5-6,8,17-18H,3-4,7H2. The Kier molecular flexibility index (Phi) is 3.64. The maximum absolute atomic E-state index is 9.20. The van der Waals surface area contributed by atoms with Crippen LogP contribution >= 0.6 is 15.9 Å². The molecule has 0 atom stereocenters. The number of hydrogen-bond donors (Lipinski definition) is 2. The van der Waals surface area contributed by atoms with Crippen molar-refractivity contribution in [1.29, 1.82) is 0 Å². The number of hydrogen-bond acceptors (Lipinski definition) is 5. The number of halogens is 1. The predicted octanol–water partition coefficient (Wildman–Crippen LogP) is 2.93. The average Bonchev–Trinajstić information content (AvgIpc) is 2.47. The number of nitrogens with one attached hydrogen (secondary N) is 1. The topological polar surface area (TPSA) is 63.6 Å². The van der Waals surface area contributed by atoms with Gasteiger partial charge in [-0.2, -0.15) is 0 Å². The van der Waals surface area contributed by atoms with E-state index in [4.69, 9.17) is 9.47 Å². The molecule has 6 heteroatoms. The van der Waals surface area contributed by atoms with Crippen LogP contribution < -0.4 is 14.8 Å². The van der Waals surface area contributed by atoms with Gasteiger partial charge in [0.15, 0.2) is 11.5 Å². The molecule has 2 aromatic rings. The quantitative estimate of drug-likeness (QED) is 0.902. The Morgan fingerprint density at radius 3 is 2.65 bits per heavy atom. The smallest absolute Gasteiger partial charge is 0.163 e. The van der Waals surface area contributed by atoms with Gasteiger partial charge >= 0.3 is 0 Å². The lowest BCUT2D eigenvalue weighted by atomic mass is 10.2. The average molecular weight is 337 g/mol. The van der Waals surface area contributed by atoms with Gasteiger partial charge in [0, 0.05) is 16.6 Å². The van der Waals surface area contributed by atoms with Crippen molar-refractivity contribution < 1.29 is 14.6 Å². The van der Waals surface area contributed by atoms with Crippen molar-refractivity contribution in [3.63, 3.8) is 0 Å². The largest absolute Gasteiger partial charge is 0.506 e. The first-order valence-corrected chi connectivity index (χ1v) is 6.98. The molecular weight excluding hydrogens is 324 g/mol. The zero-order chi connectivity index (χ0) is 13.9. The summed E-state index contributed by atoms with van der Waals surface area (Å²) in [5.41, 5.74) is 1.74. The minimum atomic E-state index is 0.161. The van der Waals surface area contributed by atoms with Crippen molar-refractivity contribution in [3.8, 4) is 17.2 Å². The second-order valence-corrected chi connectivity index (χ2v) is 5.19. The van der Waals surface area contributed by atoms with E-state index in [1.807, 2.05) is 12.1 Å². The lowest BCUT2D eigenvalue weighted by Gasteiger charge is -2.20. The lowest BCUT2D eigenvalue weighted by molar-refractivity contribution is 0.171. The summed E-state index contributed by atoms with van der Waals surface area (Å²) in [6.07, 6.45) is 1.43. The molecule has 0 radical (unpaired) electrons. The molecule has 0 unspecified atom stereocenters. The SMILES string of the molecule is Oc1ccc(CNc2cc3c(cc2Br)OCCO3)nc1. The molecule has 0 bridgehead atoms. The monoisotopic (exact) mass is 336 g/mol. The summed E-state index contributed by atoms with van der Waals surface area (Å²) in [6, 6.07) is 7.18. The molecule has 0 aliphatic carbocycles. The second kappa shape index (κ2) is 5.58. The van der Waals surface area contributed by atoms with Gasteiger partial charge in [0.05, 0.1) is 24.1 Å². The normalized spacial score (nSPS) is 13.1. The van der Waals surface area contributed by atoms with Gasteiger partial charge in [-0.1, -0.05) is 0 Å². The highest BCUT2D eigenvalue weighted by atomic mass is 79.9. The van der Waals surface area contributed by atoms with E-state index in [2.05, 4.69) is 26.2 Å². The van der Waals surface area contributed by atoms with Gasteiger partial charge in [0.25, 0.3) is 0 Å². The molecule has 20 heavy (non-hydrogen) atoms. The zero-order valence-electron chi connectivity index (χ0n) is 10.6. The lowest BCUT2D eigenvalue weighted by Crippen LogP contribution is -2.15. The summed E-state index contributed by atoms with van der Waals surface area (Å²) < 4.78 is 12.0. The summed E-state index contributed by atoms with van der Waals surface area (Å²) in [5, 5.41) is 12.5. The fraction of sp³-hybridized carbons (Fsp3) is 0.214. The van der Waals surface area contributed by atoms with Crippen molar-refractivity contribution in [2.45, 2.75) is 6.54 Å². The van der Waals surface area contributed by atoms with Crippen LogP contribution in [-0.2, 0) is 6.54 Å². The van der Waals surface area contributed by atoms with E-state index >= 15 is 0 Å². The molecule has 1 aliphatic rings.